The van der Waals surface area contributed by atoms with E-state index in [4.69, 9.17) is 0 Å². The van der Waals surface area contributed by atoms with Gasteiger partial charge >= 0.3 is 12.1 Å². The first-order valence-electron chi connectivity index (χ1n) is 11.1. The van der Waals surface area contributed by atoms with Crippen molar-refractivity contribution in [2.75, 3.05) is 6.54 Å². The Bertz CT molecular complexity index is 737. The molecule has 0 radical (unpaired) electrons. The summed E-state index contributed by atoms with van der Waals surface area (Å²) in [5.74, 6) is -6.07. The number of alkyl halides is 5. The molecule has 0 spiro atoms. The Balaban J connectivity index is 2.48. The molecule has 0 amide bonds. The third-order valence-corrected chi connectivity index (χ3v) is 6.26. The summed E-state index contributed by atoms with van der Waals surface area (Å²) in [7, 11) is 0. The van der Waals surface area contributed by atoms with E-state index in [9.17, 15) is 31.9 Å². The summed E-state index contributed by atoms with van der Waals surface area (Å²) in [6, 6.07) is 5.36. The third kappa shape index (κ3) is 7.71. The molecule has 32 heavy (non-hydrogen) atoms. The van der Waals surface area contributed by atoms with Gasteiger partial charge in [-0.2, -0.15) is 13.2 Å². The second-order valence-electron chi connectivity index (χ2n) is 10.2. The van der Waals surface area contributed by atoms with Crippen LogP contribution in [0.25, 0.3) is 0 Å². The number of rotatable bonds is 8. The fourth-order valence-corrected chi connectivity index (χ4v) is 4.52. The normalized spacial score (nSPS) is 23.2. The maximum absolute atomic E-state index is 15.0. The standard InChI is InChI=1S/C24H34F5NO2/c1-16-5-7-17(8-6-16)21-19(15-20(31)32)23(25,26)13-14-30(21)18(9-11-22(2,3)4)10-12-24(27,28)29/h5-8,18-19,21H,9-15H2,1-4H3,(H,31,32)/t18-,19-,21-/m1/s1. The van der Waals surface area contributed by atoms with Crippen LogP contribution in [0, 0.1) is 18.3 Å². The highest BCUT2D eigenvalue weighted by Gasteiger charge is 2.52. The van der Waals surface area contributed by atoms with Crippen molar-refractivity contribution < 1.29 is 31.9 Å². The summed E-state index contributed by atoms with van der Waals surface area (Å²) in [6.07, 6.45) is -5.80. The summed E-state index contributed by atoms with van der Waals surface area (Å²) >= 11 is 0. The fourth-order valence-electron chi connectivity index (χ4n) is 4.52. The molecule has 182 valence electrons. The molecule has 1 aliphatic rings. The van der Waals surface area contributed by atoms with Gasteiger partial charge in [0.2, 0.25) is 0 Å². The van der Waals surface area contributed by atoms with Crippen LogP contribution in [-0.2, 0) is 4.79 Å². The molecule has 2 rings (SSSR count). The minimum atomic E-state index is -4.35. The molecule has 0 saturated carbocycles. The lowest BCUT2D eigenvalue weighted by atomic mass is 9.77. The molecule has 0 aromatic heterocycles. The van der Waals surface area contributed by atoms with Gasteiger partial charge in [0, 0.05) is 31.5 Å². The molecule has 3 nitrogen and oxygen atoms in total. The second-order valence-corrected chi connectivity index (χ2v) is 10.2. The molecule has 1 aliphatic heterocycles. The van der Waals surface area contributed by atoms with Crippen molar-refractivity contribution in [2.45, 2.75) is 90.4 Å². The van der Waals surface area contributed by atoms with Gasteiger partial charge in [-0.1, -0.05) is 50.6 Å². The number of carboxylic acids is 1. The van der Waals surface area contributed by atoms with Crippen molar-refractivity contribution in [3.8, 4) is 0 Å². The van der Waals surface area contributed by atoms with E-state index in [1.165, 1.54) is 0 Å². The fraction of sp³-hybridized carbons (Fsp3) is 0.708. The molecular weight excluding hydrogens is 429 g/mol. The average molecular weight is 464 g/mol. The topological polar surface area (TPSA) is 40.5 Å². The van der Waals surface area contributed by atoms with Gasteiger partial charge in [-0.3, -0.25) is 9.69 Å². The molecule has 0 aliphatic carbocycles. The number of aryl methyl sites for hydroxylation is 1. The summed E-state index contributed by atoms with van der Waals surface area (Å²) in [6.45, 7) is 7.74. The van der Waals surface area contributed by atoms with E-state index in [1.807, 2.05) is 27.7 Å². The van der Waals surface area contributed by atoms with Gasteiger partial charge in [-0.15, -0.1) is 0 Å². The van der Waals surface area contributed by atoms with Gasteiger partial charge in [0.15, 0.2) is 0 Å². The van der Waals surface area contributed by atoms with Gasteiger partial charge < -0.3 is 5.11 Å². The van der Waals surface area contributed by atoms with E-state index < -0.39 is 55.3 Å². The lowest BCUT2D eigenvalue weighted by molar-refractivity contribution is -0.167. The van der Waals surface area contributed by atoms with Crippen molar-refractivity contribution in [1.82, 2.24) is 4.90 Å². The van der Waals surface area contributed by atoms with E-state index in [2.05, 4.69) is 0 Å². The smallest absolute Gasteiger partial charge is 0.389 e. The maximum Gasteiger partial charge on any atom is 0.389 e. The van der Waals surface area contributed by atoms with Crippen LogP contribution in [0.4, 0.5) is 22.0 Å². The number of aliphatic carboxylic acids is 1. The lowest BCUT2D eigenvalue weighted by Gasteiger charge is -2.49. The number of hydrogen-bond donors (Lipinski definition) is 1. The van der Waals surface area contributed by atoms with Crippen molar-refractivity contribution in [1.29, 1.82) is 0 Å². The van der Waals surface area contributed by atoms with E-state index in [-0.39, 0.29) is 18.4 Å². The molecule has 1 N–H and O–H groups in total. The summed E-state index contributed by atoms with van der Waals surface area (Å²) in [4.78, 5) is 13.2. The Morgan fingerprint density at radius 1 is 1.12 bits per heavy atom. The van der Waals surface area contributed by atoms with E-state index in [1.54, 1.807) is 29.2 Å². The van der Waals surface area contributed by atoms with Crippen LogP contribution in [0.1, 0.15) is 76.5 Å². The first-order chi connectivity index (χ1) is 14.6. The van der Waals surface area contributed by atoms with Crippen molar-refractivity contribution in [2.24, 2.45) is 11.3 Å². The van der Waals surface area contributed by atoms with Crippen LogP contribution >= 0.6 is 0 Å². The van der Waals surface area contributed by atoms with Crippen molar-refractivity contribution in [3.05, 3.63) is 35.4 Å². The molecule has 8 heteroatoms. The zero-order valence-corrected chi connectivity index (χ0v) is 19.2. The quantitative estimate of drug-likeness (QED) is 0.422. The zero-order chi connectivity index (χ0) is 24.3. The highest BCUT2D eigenvalue weighted by atomic mass is 19.4. The summed E-state index contributed by atoms with van der Waals surface area (Å²) in [5, 5.41) is 9.35. The van der Waals surface area contributed by atoms with Gasteiger partial charge in [0.05, 0.1) is 12.3 Å². The number of hydrogen-bond acceptors (Lipinski definition) is 2. The number of halogens is 5. The molecule has 1 heterocycles. The predicted octanol–water partition coefficient (Wildman–Crippen LogP) is 7.01. The number of likely N-dealkylation sites (tertiary alicyclic amines) is 1. The van der Waals surface area contributed by atoms with Gasteiger partial charge in [0.1, 0.15) is 0 Å². The van der Waals surface area contributed by atoms with Crippen molar-refractivity contribution >= 4 is 5.97 Å². The zero-order valence-electron chi connectivity index (χ0n) is 19.2. The van der Waals surface area contributed by atoms with Gasteiger partial charge in [-0.25, -0.2) is 8.78 Å². The third-order valence-electron chi connectivity index (χ3n) is 6.26. The highest BCUT2D eigenvalue weighted by Crippen LogP contribution is 2.48. The number of carbonyl (C=O) groups is 1. The Morgan fingerprint density at radius 2 is 1.69 bits per heavy atom. The number of nitrogens with zero attached hydrogens (tertiary/aromatic N) is 1. The first-order valence-corrected chi connectivity index (χ1v) is 11.1. The Labute approximate surface area is 187 Å². The molecule has 3 atom stereocenters. The largest absolute Gasteiger partial charge is 0.481 e. The SMILES string of the molecule is Cc1ccc([C@@H]2[C@@H](CC(=O)O)C(F)(F)CCN2[C@H](CCC(C)(C)C)CCC(F)(F)F)cc1. The number of piperidine rings is 1. The van der Waals surface area contributed by atoms with Crippen LogP contribution in [0.3, 0.4) is 0 Å². The lowest BCUT2D eigenvalue weighted by Crippen LogP contribution is -2.53. The van der Waals surface area contributed by atoms with Crippen LogP contribution in [-0.4, -0.2) is 40.7 Å². The first kappa shape index (κ1) is 26.6. The highest BCUT2D eigenvalue weighted by molar-refractivity contribution is 5.67. The van der Waals surface area contributed by atoms with E-state index >= 15 is 0 Å². The molecule has 0 bridgehead atoms. The summed E-state index contributed by atoms with van der Waals surface area (Å²) < 4.78 is 69.2. The van der Waals surface area contributed by atoms with E-state index in [0.29, 0.717) is 18.4 Å². The molecule has 1 fully saturated rings. The summed E-state index contributed by atoms with van der Waals surface area (Å²) in [5.41, 5.74) is 1.31. The predicted molar refractivity (Wildman–Crippen MR) is 114 cm³/mol. The molecular formula is C24H34F5NO2. The minimum absolute atomic E-state index is 0.0751. The maximum atomic E-state index is 15.0. The van der Waals surface area contributed by atoms with Crippen LogP contribution < -0.4 is 0 Å². The van der Waals surface area contributed by atoms with Crippen LogP contribution in [0.2, 0.25) is 0 Å². The molecule has 1 aromatic carbocycles. The Morgan fingerprint density at radius 3 is 2.19 bits per heavy atom. The van der Waals surface area contributed by atoms with E-state index in [0.717, 1.165) is 5.56 Å². The minimum Gasteiger partial charge on any atom is -0.481 e. The molecule has 0 unspecified atom stereocenters. The Kier molecular flexibility index (Phi) is 8.35. The molecule has 1 saturated heterocycles. The van der Waals surface area contributed by atoms with Crippen LogP contribution in [0.15, 0.2) is 24.3 Å². The van der Waals surface area contributed by atoms with Gasteiger partial charge in [0.25, 0.3) is 5.92 Å². The second kappa shape index (κ2) is 10.1. The molecule has 1 aromatic rings. The Hall–Kier alpha value is -1.70. The monoisotopic (exact) mass is 463 g/mol. The van der Waals surface area contributed by atoms with Crippen LogP contribution in [0.5, 0.6) is 0 Å². The van der Waals surface area contributed by atoms with Gasteiger partial charge in [-0.05, 0) is 37.2 Å². The number of benzene rings is 1. The average Bonchev–Trinajstić information content (AvgIpc) is 2.63. The van der Waals surface area contributed by atoms with Crippen molar-refractivity contribution in [3.63, 3.8) is 0 Å². The number of carboxylic acid groups (broad SMARTS) is 1.